The molecule has 0 aromatic carbocycles. The highest BCUT2D eigenvalue weighted by molar-refractivity contribution is 5.09. The van der Waals surface area contributed by atoms with Crippen LogP contribution in [0, 0.1) is 11.8 Å². The van der Waals surface area contributed by atoms with Gasteiger partial charge in [0.2, 0.25) is 0 Å². The molecule has 1 aliphatic rings. The summed E-state index contributed by atoms with van der Waals surface area (Å²) in [5.74, 6) is 0.789. The lowest BCUT2D eigenvalue weighted by molar-refractivity contribution is -0.0733. The first-order valence-corrected chi connectivity index (χ1v) is 4.65. The number of aliphatic hydroxyl groups is 1. The Hall–Kier alpha value is -0.440. The molecule has 0 aromatic rings. The van der Waals surface area contributed by atoms with Gasteiger partial charge in [0.05, 0.1) is 0 Å². The fourth-order valence-corrected chi connectivity index (χ4v) is 1.61. The molecule has 76 valence electrons. The number of allylic oxidation sites excluding steroid dienone is 1. The topological polar surface area (TPSA) is 20.2 Å². The summed E-state index contributed by atoms with van der Waals surface area (Å²) in [5.41, 5.74) is -1.87. The Balaban J connectivity index is 2.66. The van der Waals surface area contributed by atoms with Crippen molar-refractivity contribution in [3.63, 3.8) is 0 Å². The van der Waals surface area contributed by atoms with Crippen molar-refractivity contribution in [2.45, 2.75) is 38.7 Å². The van der Waals surface area contributed by atoms with E-state index >= 15 is 0 Å². The highest BCUT2D eigenvalue weighted by atomic mass is 19.3. The molecule has 0 bridgehead atoms. The smallest absolute Gasteiger partial charge is 0.270 e. The van der Waals surface area contributed by atoms with Crippen LogP contribution in [-0.4, -0.2) is 17.1 Å². The average Bonchev–Trinajstić information content (AvgIpc) is 2.04. The molecule has 2 atom stereocenters. The summed E-state index contributed by atoms with van der Waals surface area (Å²) in [4.78, 5) is 0. The van der Waals surface area contributed by atoms with Crippen LogP contribution in [0.3, 0.4) is 0 Å². The molecule has 2 unspecified atom stereocenters. The normalized spacial score (nSPS) is 34.5. The summed E-state index contributed by atoms with van der Waals surface area (Å²) in [6.45, 7) is 4.11. The number of hydrogen-bond donors (Lipinski definition) is 1. The summed E-state index contributed by atoms with van der Waals surface area (Å²) in [7, 11) is 0. The monoisotopic (exact) mass is 190 g/mol. The maximum Gasteiger partial charge on any atom is 0.270 e. The van der Waals surface area contributed by atoms with Gasteiger partial charge in [-0.05, 0) is 24.7 Å². The van der Waals surface area contributed by atoms with Crippen LogP contribution < -0.4 is 0 Å². The molecule has 0 saturated heterocycles. The van der Waals surface area contributed by atoms with Gasteiger partial charge in [0.15, 0.2) is 0 Å². The van der Waals surface area contributed by atoms with E-state index in [1.807, 2.05) is 0 Å². The second-order valence-corrected chi connectivity index (χ2v) is 4.10. The summed E-state index contributed by atoms with van der Waals surface area (Å²) in [6.07, 6.45) is 1.14. The van der Waals surface area contributed by atoms with Crippen molar-refractivity contribution < 1.29 is 13.9 Å². The van der Waals surface area contributed by atoms with E-state index in [-0.39, 0.29) is 6.42 Å². The van der Waals surface area contributed by atoms with Crippen LogP contribution >= 0.6 is 0 Å². The first kappa shape index (κ1) is 10.6. The highest BCUT2D eigenvalue weighted by Gasteiger charge is 2.37. The van der Waals surface area contributed by atoms with E-state index in [9.17, 15) is 13.9 Å². The van der Waals surface area contributed by atoms with Crippen molar-refractivity contribution in [2.24, 2.45) is 11.8 Å². The molecular weight excluding hydrogens is 174 g/mol. The van der Waals surface area contributed by atoms with Crippen LogP contribution in [0.25, 0.3) is 0 Å². The van der Waals surface area contributed by atoms with Gasteiger partial charge in [-0.2, -0.15) is 0 Å². The van der Waals surface area contributed by atoms with Crippen molar-refractivity contribution in [1.29, 1.82) is 0 Å². The second kappa shape index (κ2) is 3.74. The number of alkyl halides is 2. The van der Waals surface area contributed by atoms with Crippen LogP contribution in [0.4, 0.5) is 8.78 Å². The molecule has 13 heavy (non-hydrogen) atoms. The predicted molar refractivity (Wildman–Crippen MR) is 47.7 cm³/mol. The lowest BCUT2D eigenvalue weighted by Crippen LogP contribution is -2.38. The van der Waals surface area contributed by atoms with Crippen LogP contribution in [0.1, 0.15) is 26.7 Å². The third-order valence-corrected chi connectivity index (χ3v) is 2.74. The van der Waals surface area contributed by atoms with Gasteiger partial charge < -0.3 is 5.11 Å². The van der Waals surface area contributed by atoms with E-state index in [0.29, 0.717) is 18.3 Å². The van der Waals surface area contributed by atoms with E-state index in [0.717, 1.165) is 0 Å². The van der Waals surface area contributed by atoms with Gasteiger partial charge in [0.25, 0.3) is 6.43 Å². The Morgan fingerprint density at radius 1 is 1.46 bits per heavy atom. The molecule has 0 fully saturated rings. The molecule has 0 radical (unpaired) electrons. The Morgan fingerprint density at radius 3 is 2.38 bits per heavy atom. The standard InChI is InChI=1S/C10H16F2O/c1-7(2)8-3-5-10(13,6-4-8)9(11)12/h3,5,7-9,13H,4,6H2,1-2H3. The van der Waals surface area contributed by atoms with Crippen molar-refractivity contribution >= 4 is 0 Å². The van der Waals surface area contributed by atoms with Gasteiger partial charge in [-0.25, -0.2) is 8.78 Å². The lowest BCUT2D eigenvalue weighted by Gasteiger charge is -2.31. The quantitative estimate of drug-likeness (QED) is 0.663. The largest absolute Gasteiger partial charge is 0.380 e. The maximum atomic E-state index is 12.3. The molecule has 1 nitrogen and oxygen atoms in total. The Kier molecular flexibility index (Phi) is 3.06. The van der Waals surface area contributed by atoms with Crippen LogP contribution in [0.5, 0.6) is 0 Å². The molecule has 3 heteroatoms. The van der Waals surface area contributed by atoms with E-state index in [1.54, 1.807) is 6.08 Å². The molecule has 0 spiro atoms. The van der Waals surface area contributed by atoms with E-state index in [1.165, 1.54) is 6.08 Å². The minimum Gasteiger partial charge on any atom is -0.380 e. The SMILES string of the molecule is CC(C)C1C=CC(O)(C(F)F)CC1. The van der Waals surface area contributed by atoms with Crippen molar-refractivity contribution in [3.05, 3.63) is 12.2 Å². The van der Waals surface area contributed by atoms with E-state index < -0.39 is 12.0 Å². The first-order valence-electron chi connectivity index (χ1n) is 4.65. The highest BCUT2D eigenvalue weighted by Crippen LogP contribution is 2.33. The maximum absolute atomic E-state index is 12.3. The van der Waals surface area contributed by atoms with Crippen molar-refractivity contribution in [1.82, 2.24) is 0 Å². The zero-order valence-corrected chi connectivity index (χ0v) is 8.00. The molecule has 0 amide bonds. The minimum atomic E-state index is -2.67. The molecule has 1 rings (SSSR count). The van der Waals surface area contributed by atoms with Crippen LogP contribution in [0.2, 0.25) is 0 Å². The average molecular weight is 190 g/mol. The summed E-state index contributed by atoms with van der Waals surface area (Å²) in [6, 6.07) is 0. The molecule has 1 aliphatic carbocycles. The summed E-state index contributed by atoms with van der Waals surface area (Å²) in [5, 5.41) is 9.41. The fourth-order valence-electron chi connectivity index (χ4n) is 1.61. The molecule has 1 N–H and O–H groups in total. The number of halogens is 2. The van der Waals surface area contributed by atoms with E-state index in [4.69, 9.17) is 0 Å². The zero-order chi connectivity index (χ0) is 10.1. The van der Waals surface area contributed by atoms with Crippen LogP contribution in [-0.2, 0) is 0 Å². The first-order chi connectivity index (χ1) is 5.96. The van der Waals surface area contributed by atoms with Gasteiger partial charge >= 0.3 is 0 Å². The van der Waals surface area contributed by atoms with Gasteiger partial charge in [0.1, 0.15) is 5.60 Å². The van der Waals surface area contributed by atoms with Crippen molar-refractivity contribution in [2.75, 3.05) is 0 Å². The van der Waals surface area contributed by atoms with Gasteiger partial charge in [-0.3, -0.25) is 0 Å². The predicted octanol–water partition coefficient (Wildman–Crippen LogP) is 2.60. The molecule has 0 heterocycles. The molecule has 0 aromatic heterocycles. The van der Waals surface area contributed by atoms with Gasteiger partial charge in [-0.1, -0.05) is 26.0 Å². The third kappa shape index (κ3) is 2.27. The van der Waals surface area contributed by atoms with Gasteiger partial charge in [-0.15, -0.1) is 0 Å². The lowest BCUT2D eigenvalue weighted by atomic mass is 9.80. The number of hydrogen-bond acceptors (Lipinski definition) is 1. The molecule has 0 aliphatic heterocycles. The zero-order valence-electron chi connectivity index (χ0n) is 8.00. The minimum absolute atomic E-state index is 0.171. The van der Waals surface area contributed by atoms with Gasteiger partial charge in [0, 0.05) is 0 Å². The number of rotatable bonds is 2. The molecule has 0 saturated carbocycles. The van der Waals surface area contributed by atoms with E-state index in [2.05, 4.69) is 13.8 Å². The summed E-state index contributed by atoms with van der Waals surface area (Å²) < 4.78 is 24.7. The third-order valence-electron chi connectivity index (χ3n) is 2.74. The Bertz CT molecular complexity index is 201. The van der Waals surface area contributed by atoms with Crippen molar-refractivity contribution in [3.8, 4) is 0 Å². The Morgan fingerprint density at radius 2 is 2.08 bits per heavy atom. The second-order valence-electron chi connectivity index (χ2n) is 4.10. The van der Waals surface area contributed by atoms with Crippen LogP contribution in [0.15, 0.2) is 12.2 Å². The fraction of sp³-hybridized carbons (Fsp3) is 0.800. The Labute approximate surface area is 77.5 Å². The molecular formula is C10H16F2O. The summed E-state index contributed by atoms with van der Waals surface area (Å²) >= 11 is 0.